The highest BCUT2D eigenvalue weighted by Crippen LogP contribution is 2.02. The highest BCUT2D eigenvalue weighted by Gasteiger charge is 2.16. The topological polar surface area (TPSA) is 70.0 Å². The van der Waals surface area contributed by atoms with Crippen molar-refractivity contribution >= 4 is 5.97 Å². The highest BCUT2D eigenvalue weighted by molar-refractivity contribution is 5.87. The third kappa shape index (κ3) is 4.02. The Morgan fingerprint density at radius 1 is 1.54 bits per heavy atom. The molecule has 2 N–H and O–H groups in total. The minimum Gasteiger partial charge on any atom is -0.443 e. The van der Waals surface area contributed by atoms with E-state index in [0.29, 0.717) is 0 Å². The van der Waals surface area contributed by atoms with Crippen LogP contribution in [0.15, 0.2) is 12.2 Å². The zero-order chi connectivity index (χ0) is 10.4. The normalized spacial score (nSPS) is 12.7. The molecule has 0 spiro atoms. The molecule has 5 heteroatoms. The lowest BCUT2D eigenvalue weighted by atomic mass is 10.4. The van der Waals surface area contributed by atoms with Crippen LogP contribution in [0.1, 0.15) is 13.8 Å². The SMILES string of the molecule is C=C(C)C(=O)OC(C)N(CO)CO. The van der Waals surface area contributed by atoms with Crippen LogP contribution in [0.25, 0.3) is 0 Å². The fraction of sp³-hybridized carbons (Fsp3) is 0.625. The first-order valence-electron chi connectivity index (χ1n) is 3.85. The maximum atomic E-state index is 11.0. The van der Waals surface area contributed by atoms with Crippen molar-refractivity contribution in [1.82, 2.24) is 4.90 Å². The van der Waals surface area contributed by atoms with Crippen molar-refractivity contribution in [2.45, 2.75) is 20.1 Å². The van der Waals surface area contributed by atoms with Gasteiger partial charge in [0.15, 0.2) is 6.23 Å². The van der Waals surface area contributed by atoms with Gasteiger partial charge in [-0.05, 0) is 13.8 Å². The van der Waals surface area contributed by atoms with Gasteiger partial charge in [0.05, 0.1) is 0 Å². The monoisotopic (exact) mass is 189 g/mol. The van der Waals surface area contributed by atoms with Gasteiger partial charge in [0, 0.05) is 5.57 Å². The molecule has 0 aromatic heterocycles. The fourth-order valence-corrected chi connectivity index (χ4v) is 0.605. The summed E-state index contributed by atoms with van der Waals surface area (Å²) in [6.07, 6.45) is -0.667. The summed E-state index contributed by atoms with van der Waals surface area (Å²) in [7, 11) is 0. The van der Waals surface area contributed by atoms with Gasteiger partial charge in [0.2, 0.25) is 0 Å². The lowest BCUT2D eigenvalue weighted by Gasteiger charge is -2.23. The summed E-state index contributed by atoms with van der Waals surface area (Å²) in [5.41, 5.74) is 0.280. The van der Waals surface area contributed by atoms with Crippen LogP contribution in [-0.4, -0.2) is 40.8 Å². The van der Waals surface area contributed by atoms with Crippen LogP contribution >= 0.6 is 0 Å². The molecule has 0 rings (SSSR count). The van der Waals surface area contributed by atoms with E-state index in [4.69, 9.17) is 14.9 Å². The number of hydrogen-bond donors (Lipinski definition) is 2. The van der Waals surface area contributed by atoms with E-state index in [9.17, 15) is 4.79 Å². The molecule has 0 aromatic rings. The molecule has 1 atom stereocenters. The maximum absolute atomic E-state index is 11.0. The fourth-order valence-electron chi connectivity index (χ4n) is 0.605. The van der Waals surface area contributed by atoms with Crippen LogP contribution in [0.2, 0.25) is 0 Å². The molecule has 13 heavy (non-hydrogen) atoms. The van der Waals surface area contributed by atoms with Crippen LogP contribution < -0.4 is 0 Å². The minimum absolute atomic E-state index is 0.280. The third-order valence-electron chi connectivity index (χ3n) is 1.50. The van der Waals surface area contributed by atoms with E-state index in [2.05, 4.69) is 6.58 Å². The van der Waals surface area contributed by atoms with Crippen LogP contribution in [0, 0.1) is 0 Å². The smallest absolute Gasteiger partial charge is 0.334 e. The van der Waals surface area contributed by atoms with Gasteiger partial charge in [-0.1, -0.05) is 6.58 Å². The molecule has 1 unspecified atom stereocenters. The predicted octanol–water partition coefficient (Wildman–Crippen LogP) is -0.347. The molecule has 0 heterocycles. The summed E-state index contributed by atoms with van der Waals surface area (Å²) in [6, 6.07) is 0. The number of ether oxygens (including phenoxy) is 1. The molecule has 0 saturated carbocycles. The molecule has 0 bridgehead atoms. The van der Waals surface area contributed by atoms with E-state index >= 15 is 0 Å². The Labute approximate surface area is 77.2 Å². The molecule has 0 aliphatic rings. The summed E-state index contributed by atoms with van der Waals surface area (Å²) in [6.45, 7) is 5.73. The maximum Gasteiger partial charge on any atom is 0.334 e. The molecule has 0 aliphatic carbocycles. The number of rotatable bonds is 5. The Morgan fingerprint density at radius 3 is 2.31 bits per heavy atom. The molecular weight excluding hydrogens is 174 g/mol. The summed E-state index contributed by atoms with van der Waals surface area (Å²) in [5, 5.41) is 17.4. The molecule has 0 saturated heterocycles. The van der Waals surface area contributed by atoms with Gasteiger partial charge < -0.3 is 14.9 Å². The number of esters is 1. The second kappa shape index (κ2) is 5.69. The lowest BCUT2D eigenvalue weighted by molar-refractivity contribution is -0.161. The Hall–Kier alpha value is -0.910. The summed E-state index contributed by atoms with van der Waals surface area (Å²) in [4.78, 5) is 12.1. The Balaban J connectivity index is 4.04. The van der Waals surface area contributed by atoms with E-state index in [1.807, 2.05) is 0 Å². The lowest BCUT2D eigenvalue weighted by Crippen LogP contribution is -2.38. The van der Waals surface area contributed by atoms with E-state index in [1.54, 1.807) is 6.92 Å². The van der Waals surface area contributed by atoms with Crippen molar-refractivity contribution in [1.29, 1.82) is 0 Å². The van der Waals surface area contributed by atoms with Crippen LogP contribution in [0.5, 0.6) is 0 Å². The van der Waals surface area contributed by atoms with Gasteiger partial charge in [0.1, 0.15) is 13.5 Å². The van der Waals surface area contributed by atoms with Gasteiger partial charge in [-0.15, -0.1) is 0 Å². The largest absolute Gasteiger partial charge is 0.443 e. The van der Waals surface area contributed by atoms with Gasteiger partial charge in [-0.25, -0.2) is 9.69 Å². The Kier molecular flexibility index (Phi) is 5.29. The Morgan fingerprint density at radius 2 is 2.00 bits per heavy atom. The summed E-state index contributed by atoms with van der Waals surface area (Å²) < 4.78 is 4.82. The first-order valence-corrected chi connectivity index (χ1v) is 3.85. The number of aliphatic hydroxyl groups excluding tert-OH is 2. The second-order valence-electron chi connectivity index (χ2n) is 2.66. The van der Waals surface area contributed by atoms with E-state index in [0.717, 1.165) is 0 Å². The van der Waals surface area contributed by atoms with E-state index in [-0.39, 0.29) is 19.0 Å². The van der Waals surface area contributed by atoms with E-state index in [1.165, 1.54) is 11.8 Å². The van der Waals surface area contributed by atoms with Gasteiger partial charge in [-0.3, -0.25) is 0 Å². The van der Waals surface area contributed by atoms with Crippen molar-refractivity contribution in [3.63, 3.8) is 0 Å². The van der Waals surface area contributed by atoms with Crippen molar-refractivity contribution in [2.75, 3.05) is 13.5 Å². The molecule has 0 aromatic carbocycles. The molecular formula is C8H15NO4. The van der Waals surface area contributed by atoms with Gasteiger partial charge >= 0.3 is 5.97 Å². The number of carbonyl (C=O) groups excluding carboxylic acids is 1. The average Bonchev–Trinajstić information content (AvgIpc) is 2.06. The van der Waals surface area contributed by atoms with Gasteiger partial charge in [-0.2, -0.15) is 0 Å². The zero-order valence-electron chi connectivity index (χ0n) is 7.86. The number of nitrogens with zero attached hydrogens (tertiary/aromatic N) is 1. The minimum atomic E-state index is -0.667. The average molecular weight is 189 g/mol. The van der Waals surface area contributed by atoms with Crippen LogP contribution in [0.3, 0.4) is 0 Å². The number of aliphatic hydroxyl groups is 2. The zero-order valence-corrected chi connectivity index (χ0v) is 7.86. The predicted molar refractivity (Wildman–Crippen MR) is 46.4 cm³/mol. The molecule has 5 nitrogen and oxygen atoms in total. The molecule has 0 amide bonds. The second-order valence-corrected chi connectivity index (χ2v) is 2.66. The summed E-state index contributed by atoms with van der Waals surface area (Å²) in [5.74, 6) is -0.542. The summed E-state index contributed by atoms with van der Waals surface area (Å²) >= 11 is 0. The van der Waals surface area contributed by atoms with Crippen LogP contribution in [0.4, 0.5) is 0 Å². The van der Waals surface area contributed by atoms with Crippen molar-refractivity contribution in [3.05, 3.63) is 12.2 Å². The van der Waals surface area contributed by atoms with Crippen LogP contribution in [-0.2, 0) is 9.53 Å². The first-order chi connectivity index (χ1) is 6.02. The van der Waals surface area contributed by atoms with Crippen molar-refractivity contribution < 1.29 is 19.7 Å². The standard InChI is InChI=1S/C8H15NO4/c1-6(2)8(12)13-7(3)9(4-10)5-11/h7,10-11H,1,4-5H2,2-3H3. The first kappa shape index (κ1) is 12.1. The molecule has 0 aliphatic heterocycles. The van der Waals surface area contributed by atoms with Crippen molar-refractivity contribution in [3.8, 4) is 0 Å². The van der Waals surface area contributed by atoms with E-state index < -0.39 is 12.2 Å². The quantitative estimate of drug-likeness (QED) is 0.351. The molecule has 0 fully saturated rings. The van der Waals surface area contributed by atoms with Gasteiger partial charge in [0.25, 0.3) is 0 Å². The molecule has 76 valence electrons. The number of carbonyl (C=O) groups is 1. The Bertz CT molecular complexity index is 189. The highest BCUT2D eigenvalue weighted by atomic mass is 16.6. The van der Waals surface area contributed by atoms with Crippen molar-refractivity contribution in [2.24, 2.45) is 0 Å². The third-order valence-corrected chi connectivity index (χ3v) is 1.50. The molecule has 0 radical (unpaired) electrons. The number of hydrogen-bond acceptors (Lipinski definition) is 5.